The van der Waals surface area contributed by atoms with E-state index in [1.807, 2.05) is 0 Å². The lowest BCUT2D eigenvalue weighted by Crippen LogP contribution is -2.42. The summed E-state index contributed by atoms with van der Waals surface area (Å²) in [6.45, 7) is 0.276. The van der Waals surface area contributed by atoms with Crippen molar-refractivity contribution >= 4 is 23.2 Å². The second-order valence-electron chi connectivity index (χ2n) is 5.59. The molecule has 1 amide bonds. The predicted octanol–water partition coefficient (Wildman–Crippen LogP) is 2.74. The number of nitrogens with one attached hydrogen (secondary N) is 1. The summed E-state index contributed by atoms with van der Waals surface area (Å²) < 4.78 is 0. The number of hydrogen-bond acceptors (Lipinski definition) is 3. The maximum atomic E-state index is 12.1. The first-order valence-corrected chi connectivity index (χ1v) is 7.43. The molecular weight excluding hydrogens is 276 g/mol. The third-order valence-electron chi connectivity index (χ3n) is 3.79. The monoisotopic (exact) mass is 296 g/mol. The van der Waals surface area contributed by atoms with E-state index in [-0.39, 0.29) is 12.5 Å². The van der Waals surface area contributed by atoms with Crippen molar-refractivity contribution in [2.45, 2.75) is 44.1 Å². The second kappa shape index (κ2) is 6.46. The molecule has 0 bridgehead atoms. The highest BCUT2D eigenvalue weighted by atomic mass is 35.5. The first kappa shape index (κ1) is 15.1. The van der Waals surface area contributed by atoms with Crippen molar-refractivity contribution in [1.29, 1.82) is 0 Å². The third kappa shape index (κ3) is 4.12. The molecule has 0 saturated heterocycles. The van der Waals surface area contributed by atoms with Gasteiger partial charge in [-0.05, 0) is 31.0 Å². The molecule has 110 valence electrons. The second-order valence-corrected chi connectivity index (χ2v) is 6.03. The Bertz CT molecular complexity index is 463. The number of hydrogen-bond donors (Lipinski definition) is 3. The smallest absolute Gasteiger partial charge is 0.251 e. The molecule has 0 radical (unpaired) electrons. The molecule has 0 spiro atoms. The SMILES string of the molecule is Nc1cc(Cl)cc(C(=O)NCC2(O)CCCCCC2)c1. The molecule has 1 fully saturated rings. The van der Waals surface area contributed by atoms with Crippen molar-refractivity contribution in [2.24, 2.45) is 0 Å². The van der Waals surface area contributed by atoms with Crippen LogP contribution in [0, 0.1) is 0 Å². The Balaban J connectivity index is 1.97. The van der Waals surface area contributed by atoms with Crippen LogP contribution in [0.15, 0.2) is 18.2 Å². The van der Waals surface area contributed by atoms with Crippen LogP contribution in [-0.4, -0.2) is 23.2 Å². The summed E-state index contributed by atoms with van der Waals surface area (Å²) >= 11 is 5.88. The Morgan fingerprint density at radius 1 is 1.25 bits per heavy atom. The fraction of sp³-hybridized carbons (Fsp3) is 0.533. The van der Waals surface area contributed by atoms with E-state index < -0.39 is 5.60 Å². The number of carbonyl (C=O) groups is 1. The van der Waals surface area contributed by atoms with Crippen LogP contribution in [-0.2, 0) is 0 Å². The standard InChI is InChI=1S/C15H21ClN2O2/c16-12-7-11(8-13(17)9-12)14(19)18-10-15(20)5-3-1-2-4-6-15/h7-9,20H,1-6,10,17H2,(H,18,19). The van der Waals surface area contributed by atoms with E-state index in [2.05, 4.69) is 5.32 Å². The van der Waals surface area contributed by atoms with Gasteiger partial charge in [0, 0.05) is 22.8 Å². The molecule has 0 heterocycles. The molecule has 4 N–H and O–H groups in total. The molecule has 1 aliphatic carbocycles. The lowest BCUT2D eigenvalue weighted by atomic mass is 9.94. The fourth-order valence-corrected chi connectivity index (χ4v) is 2.90. The van der Waals surface area contributed by atoms with Gasteiger partial charge in [0.25, 0.3) is 5.91 Å². The van der Waals surface area contributed by atoms with E-state index in [4.69, 9.17) is 17.3 Å². The average Bonchev–Trinajstić information content (AvgIpc) is 2.60. The molecule has 1 aromatic carbocycles. The van der Waals surface area contributed by atoms with Gasteiger partial charge in [-0.15, -0.1) is 0 Å². The van der Waals surface area contributed by atoms with Gasteiger partial charge in [-0.25, -0.2) is 0 Å². The van der Waals surface area contributed by atoms with Crippen LogP contribution >= 0.6 is 11.6 Å². The normalized spacial score (nSPS) is 18.3. The van der Waals surface area contributed by atoms with Gasteiger partial charge in [0.2, 0.25) is 0 Å². The summed E-state index contributed by atoms with van der Waals surface area (Å²) in [6, 6.07) is 4.75. The lowest BCUT2D eigenvalue weighted by Gasteiger charge is -2.26. The van der Waals surface area contributed by atoms with E-state index in [1.54, 1.807) is 18.2 Å². The highest BCUT2D eigenvalue weighted by molar-refractivity contribution is 6.31. The Labute approximate surface area is 124 Å². The molecule has 20 heavy (non-hydrogen) atoms. The van der Waals surface area contributed by atoms with Gasteiger partial charge in [0.15, 0.2) is 0 Å². The van der Waals surface area contributed by atoms with E-state index in [0.717, 1.165) is 38.5 Å². The van der Waals surface area contributed by atoms with Crippen molar-refractivity contribution < 1.29 is 9.90 Å². The van der Waals surface area contributed by atoms with Crippen molar-refractivity contribution in [1.82, 2.24) is 5.32 Å². The molecule has 0 aromatic heterocycles. The number of amides is 1. The molecule has 0 unspecified atom stereocenters. The van der Waals surface area contributed by atoms with Gasteiger partial charge >= 0.3 is 0 Å². The van der Waals surface area contributed by atoms with E-state index in [0.29, 0.717) is 16.3 Å². The zero-order chi connectivity index (χ0) is 14.6. The predicted molar refractivity (Wildman–Crippen MR) is 80.8 cm³/mol. The van der Waals surface area contributed by atoms with Crippen LogP contribution in [0.1, 0.15) is 48.9 Å². The maximum absolute atomic E-state index is 12.1. The number of benzene rings is 1. The summed E-state index contributed by atoms with van der Waals surface area (Å²) in [5.41, 5.74) is 5.77. The molecule has 1 aliphatic rings. The number of aliphatic hydroxyl groups is 1. The summed E-state index contributed by atoms with van der Waals surface area (Å²) in [4.78, 5) is 12.1. The van der Waals surface area contributed by atoms with Crippen molar-refractivity contribution in [2.75, 3.05) is 12.3 Å². The number of carbonyl (C=O) groups excluding carboxylic acids is 1. The Morgan fingerprint density at radius 2 is 1.90 bits per heavy atom. The minimum atomic E-state index is -0.781. The van der Waals surface area contributed by atoms with Crippen LogP contribution in [0.5, 0.6) is 0 Å². The van der Waals surface area contributed by atoms with Gasteiger partial charge in [-0.2, -0.15) is 0 Å². The van der Waals surface area contributed by atoms with Crippen LogP contribution in [0.25, 0.3) is 0 Å². The number of rotatable bonds is 3. The van der Waals surface area contributed by atoms with E-state index in [9.17, 15) is 9.90 Å². The van der Waals surface area contributed by atoms with Gasteiger partial charge in [0.05, 0.1) is 5.60 Å². The molecule has 1 aromatic rings. The first-order chi connectivity index (χ1) is 9.48. The van der Waals surface area contributed by atoms with Gasteiger partial charge < -0.3 is 16.2 Å². The zero-order valence-electron chi connectivity index (χ0n) is 11.5. The quantitative estimate of drug-likeness (QED) is 0.593. The van der Waals surface area contributed by atoms with Crippen molar-refractivity contribution in [3.05, 3.63) is 28.8 Å². The zero-order valence-corrected chi connectivity index (χ0v) is 12.2. The van der Waals surface area contributed by atoms with Gasteiger partial charge in [-0.1, -0.05) is 37.3 Å². The van der Waals surface area contributed by atoms with Crippen LogP contribution in [0.3, 0.4) is 0 Å². The summed E-state index contributed by atoms with van der Waals surface area (Å²) in [7, 11) is 0. The van der Waals surface area contributed by atoms with Crippen LogP contribution < -0.4 is 11.1 Å². The average molecular weight is 297 g/mol. The number of nitrogens with two attached hydrogens (primary N) is 1. The summed E-state index contributed by atoms with van der Waals surface area (Å²) in [6.07, 6.45) is 5.81. The minimum Gasteiger partial charge on any atom is -0.399 e. The highest BCUT2D eigenvalue weighted by Crippen LogP contribution is 2.26. The van der Waals surface area contributed by atoms with Crippen molar-refractivity contribution in [3.63, 3.8) is 0 Å². The van der Waals surface area contributed by atoms with Crippen LogP contribution in [0.4, 0.5) is 5.69 Å². The van der Waals surface area contributed by atoms with Gasteiger partial charge in [0.1, 0.15) is 0 Å². The van der Waals surface area contributed by atoms with Gasteiger partial charge in [-0.3, -0.25) is 4.79 Å². The first-order valence-electron chi connectivity index (χ1n) is 7.05. The molecule has 4 nitrogen and oxygen atoms in total. The third-order valence-corrected chi connectivity index (χ3v) is 4.01. The van der Waals surface area contributed by atoms with E-state index in [1.165, 1.54) is 0 Å². The Kier molecular flexibility index (Phi) is 4.89. The largest absolute Gasteiger partial charge is 0.399 e. The molecule has 2 rings (SSSR count). The summed E-state index contributed by atoms with van der Waals surface area (Å²) in [5.74, 6) is -0.253. The Morgan fingerprint density at radius 3 is 2.50 bits per heavy atom. The van der Waals surface area contributed by atoms with Crippen molar-refractivity contribution in [3.8, 4) is 0 Å². The minimum absolute atomic E-state index is 0.253. The molecule has 1 saturated carbocycles. The fourth-order valence-electron chi connectivity index (χ4n) is 2.65. The maximum Gasteiger partial charge on any atom is 0.251 e. The van der Waals surface area contributed by atoms with E-state index >= 15 is 0 Å². The molecule has 5 heteroatoms. The Hall–Kier alpha value is -1.26. The molecule has 0 aliphatic heterocycles. The van der Waals surface area contributed by atoms with Crippen LogP contribution in [0.2, 0.25) is 5.02 Å². The number of anilines is 1. The topological polar surface area (TPSA) is 75.4 Å². The molecule has 0 atom stereocenters. The highest BCUT2D eigenvalue weighted by Gasteiger charge is 2.28. The lowest BCUT2D eigenvalue weighted by molar-refractivity contribution is 0.0246. The number of halogens is 1. The number of nitrogen functional groups attached to an aromatic ring is 1. The molecular formula is C15H21ClN2O2. The summed E-state index contributed by atoms with van der Waals surface area (Å²) in [5, 5.41) is 13.7.